The molecule has 4 rings (SSSR count). The Bertz CT molecular complexity index is 956. The molecule has 37 heavy (non-hydrogen) atoms. The van der Waals surface area contributed by atoms with E-state index in [2.05, 4.69) is 54.5 Å². The Morgan fingerprint density at radius 3 is 2.05 bits per heavy atom. The lowest BCUT2D eigenvalue weighted by molar-refractivity contribution is -0.146. The van der Waals surface area contributed by atoms with Crippen LogP contribution >= 0.6 is 11.6 Å². The molecule has 0 spiro atoms. The van der Waals surface area contributed by atoms with E-state index in [4.69, 9.17) is 11.6 Å². The first-order chi connectivity index (χ1) is 17.3. The number of halogens is 1. The lowest BCUT2D eigenvalue weighted by Gasteiger charge is -2.42. The van der Waals surface area contributed by atoms with Crippen LogP contribution in [0.3, 0.4) is 0 Å². The van der Waals surface area contributed by atoms with Crippen molar-refractivity contribution in [3.8, 4) is 0 Å². The van der Waals surface area contributed by atoms with Crippen molar-refractivity contribution in [1.82, 2.24) is 14.7 Å². The van der Waals surface area contributed by atoms with Gasteiger partial charge in [-0.2, -0.15) is 0 Å². The van der Waals surface area contributed by atoms with Gasteiger partial charge in [0.15, 0.2) is 0 Å². The third kappa shape index (κ3) is 6.36. The molecule has 1 saturated carbocycles. The van der Waals surface area contributed by atoms with E-state index in [1.165, 1.54) is 18.4 Å². The average Bonchev–Trinajstić information content (AvgIpc) is 3.48. The normalized spacial score (nSPS) is 29.5. The quantitative estimate of drug-likeness (QED) is 0.466. The van der Waals surface area contributed by atoms with Gasteiger partial charge in [-0.25, -0.2) is 0 Å². The van der Waals surface area contributed by atoms with Crippen molar-refractivity contribution in [3.63, 3.8) is 0 Å². The maximum absolute atomic E-state index is 14.1. The number of carbonyl (C=O) groups excluding carboxylic acids is 2. The van der Waals surface area contributed by atoms with Crippen molar-refractivity contribution in [3.05, 3.63) is 34.9 Å². The van der Waals surface area contributed by atoms with E-state index in [0.29, 0.717) is 12.6 Å². The number of benzene rings is 1. The number of hydrogen-bond acceptors (Lipinski definition) is 3. The van der Waals surface area contributed by atoms with Gasteiger partial charge in [0.1, 0.15) is 0 Å². The van der Waals surface area contributed by atoms with Gasteiger partial charge in [-0.05, 0) is 76.5 Å². The summed E-state index contributed by atoms with van der Waals surface area (Å²) in [6, 6.07) is 8.45. The Kier molecular flexibility index (Phi) is 8.36. The van der Waals surface area contributed by atoms with Gasteiger partial charge in [-0.15, -0.1) is 0 Å². The minimum Gasteiger partial charge on any atom is -0.340 e. The largest absolute Gasteiger partial charge is 0.340 e. The van der Waals surface area contributed by atoms with Crippen LogP contribution < -0.4 is 0 Å². The van der Waals surface area contributed by atoms with Gasteiger partial charge in [-0.3, -0.25) is 14.5 Å². The summed E-state index contributed by atoms with van der Waals surface area (Å²) in [6.45, 7) is 18.1. The molecule has 1 aromatic rings. The summed E-state index contributed by atoms with van der Waals surface area (Å²) in [5.74, 6) is 1.29. The lowest BCUT2D eigenvalue weighted by Crippen LogP contribution is -2.53. The molecular weight excluding hydrogens is 482 g/mol. The number of amides is 2. The molecule has 3 atom stereocenters. The zero-order chi connectivity index (χ0) is 27.1. The molecule has 3 aliphatic rings. The fourth-order valence-electron chi connectivity index (χ4n) is 6.59. The minimum absolute atomic E-state index is 0.00129. The Morgan fingerprint density at radius 2 is 1.49 bits per heavy atom. The number of nitrogens with zero attached hydrogens (tertiary/aromatic N) is 3. The number of hydrogen-bond donors (Lipinski definition) is 0. The minimum atomic E-state index is -0.418. The van der Waals surface area contributed by atoms with E-state index in [0.717, 1.165) is 49.8 Å². The molecular formula is C31H48ClN3O2. The van der Waals surface area contributed by atoms with Crippen LogP contribution in [-0.4, -0.2) is 70.3 Å². The molecule has 0 N–H and O–H groups in total. The van der Waals surface area contributed by atoms with Crippen LogP contribution in [0.15, 0.2) is 24.3 Å². The maximum Gasteiger partial charge on any atom is 0.228 e. The first kappa shape index (κ1) is 28.4. The first-order valence-electron chi connectivity index (χ1n) is 14.4. The van der Waals surface area contributed by atoms with Crippen LogP contribution in [0.25, 0.3) is 0 Å². The third-order valence-corrected chi connectivity index (χ3v) is 9.26. The highest BCUT2D eigenvalue weighted by Gasteiger charge is 2.46. The van der Waals surface area contributed by atoms with Gasteiger partial charge < -0.3 is 9.80 Å². The highest BCUT2D eigenvalue weighted by atomic mass is 35.5. The maximum atomic E-state index is 14.1. The SMILES string of the molecule is CC1CCC(N(C(=O)C(C)(C)C)[C@H]2CCN(C(=O)[C@@H]3CN(C(C)(C)C)C[C@H]3c3ccc(Cl)cc3)C2)CC1. The molecule has 1 aromatic carbocycles. The first-order valence-corrected chi connectivity index (χ1v) is 14.8. The number of likely N-dealkylation sites (tertiary alicyclic amines) is 2. The van der Waals surface area contributed by atoms with Crippen molar-refractivity contribution in [2.45, 2.75) is 104 Å². The van der Waals surface area contributed by atoms with Crippen LogP contribution in [0.2, 0.25) is 5.02 Å². The molecule has 2 saturated heterocycles. The molecule has 6 heteroatoms. The van der Waals surface area contributed by atoms with Gasteiger partial charge in [0, 0.05) is 54.1 Å². The molecule has 3 fully saturated rings. The topological polar surface area (TPSA) is 43.9 Å². The van der Waals surface area contributed by atoms with Crippen LogP contribution in [-0.2, 0) is 9.59 Å². The van der Waals surface area contributed by atoms with E-state index in [1.807, 2.05) is 32.9 Å². The standard InChI is InChI=1S/C31H48ClN3O2/c1-21-8-14-24(15-9-21)35(29(37)30(2,3)4)25-16-17-33(18-25)28(36)27-20-34(31(5,6)7)19-26(27)22-10-12-23(32)13-11-22/h10-13,21,24-27H,8-9,14-20H2,1-7H3/t21?,24?,25-,26-,27+/m0/s1. The third-order valence-electron chi connectivity index (χ3n) is 9.01. The molecule has 2 heterocycles. The highest BCUT2D eigenvalue weighted by Crippen LogP contribution is 2.39. The zero-order valence-corrected chi connectivity index (χ0v) is 24.9. The van der Waals surface area contributed by atoms with Gasteiger partial charge in [-0.1, -0.05) is 51.4 Å². The van der Waals surface area contributed by atoms with Gasteiger partial charge >= 0.3 is 0 Å². The average molecular weight is 530 g/mol. The number of rotatable bonds is 4. The van der Waals surface area contributed by atoms with Crippen LogP contribution in [0.1, 0.15) is 92.1 Å². The van der Waals surface area contributed by atoms with E-state index in [1.54, 1.807) is 0 Å². The highest BCUT2D eigenvalue weighted by molar-refractivity contribution is 6.30. The second-order valence-electron chi connectivity index (χ2n) is 13.9. The summed E-state index contributed by atoms with van der Waals surface area (Å²) in [7, 11) is 0. The summed E-state index contributed by atoms with van der Waals surface area (Å²) in [6.07, 6.45) is 5.40. The van der Waals surface area contributed by atoms with Crippen molar-refractivity contribution in [2.75, 3.05) is 26.2 Å². The molecule has 0 unspecified atom stereocenters. The molecule has 1 aliphatic carbocycles. The zero-order valence-electron chi connectivity index (χ0n) is 24.1. The van der Waals surface area contributed by atoms with Gasteiger partial charge in [0.25, 0.3) is 0 Å². The fourth-order valence-corrected chi connectivity index (χ4v) is 6.72. The van der Waals surface area contributed by atoms with E-state index < -0.39 is 5.41 Å². The predicted octanol–water partition coefficient (Wildman–Crippen LogP) is 6.21. The predicted molar refractivity (Wildman–Crippen MR) is 152 cm³/mol. The Hall–Kier alpha value is -1.59. The van der Waals surface area contributed by atoms with Crippen LogP contribution in [0.4, 0.5) is 0 Å². The Morgan fingerprint density at radius 1 is 0.865 bits per heavy atom. The lowest BCUT2D eigenvalue weighted by atomic mass is 9.84. The fraction of sp³-hybridized carbons (Fsp3) is 0.742. The van der Waals surface area contributed by atoms with Crippen LogP contribution in [0, 0.1) is 17.3 Å². The van der Waals surface area contributed by atoms with Gasteiger partial charge in [0.2, 0.25) is 11.8 Å². The summed E-state index contributed by atoms with van der Waals surface area (Å²) in [5.41, 5.74) is 0.770. The smallest absolute Gasteiger partial charge is 0.228 e. The summed E-state index contributed by atoms with van der Waals surface area (Å²) < 4.78 is 0. The summed E-state index contributed by atoms with van der Waals surface area (Å²) in [5, 5.41) is 0.723. The second kappa shape index (κ2) is 10.9. The summed E-state index contributed by atoms with van der Waals surface area (Å²) in [4.78, 5) is 34.5. The van der Waals surface area contributed by atoms with E-state index in [9.17, 15) is 9.59 Å². The summed E-state index contributed by atoms with van der Waals surface area (Å²) >= 11 is 6.18. The molecule has 5 nitrogen and oxygen atoms in total. The molecule has 2 aliphatic heterocycles. The van der Waals surface area contributed by atoms with Crippen LogP contribution in [0.5, 0.6) is 0 Å². The number of carbonyl (C=O) groups is 2. The van der Waals surface area contributed by atoms with Crippen molar-refractivity contribution >= 4 is 23.4 Å². The molecule has 0 bridgehead atoms. The van der Waals surface area contributed by atoms with E-state index in [-0.39, 0.29) is 35.2 Å². The Balaban J connectivity index is 1.53. The monoisotopic (exact) mass is 529 g/mol. The van der Waals surface area contributed by atoms with Crippen molar-refractivity contribution in [1.29, 1.82) is 0 Å². The molecule has 206 valence electrons. The Labute approximate surface area is 229 Å². The molecule has 0 aromatic heterocycles. The molecule has 0 radical (unpaired) electrons. The second-order valence-corrected chi connectivity index (χ2v) is 14.4. The van der Waals surface area contributed by atoms with Crippen molar-refractivity contribution in [2.24, 2.45) is 17.3 Å². The van der Waals surface area contributed by atoms with Crippen molar-refractivity contribution < 1.29 is 9.59 Å². The van der Waals surface area contributed by atoms with E-state index >= 15 is 0 Å². The molecule has 2 amide bonds. The van der Waals surface area contributed by atoms with Gasteiger partial charge in [0.05, 0.1) is 12.0 Å².